The molecule has 0 aliphatic heterocycles. The molecule has 0 aliphatic carbocycles. The van der Waals surface area contributed by atoms with Crippen LogP contribution in [0.25, 0.3) is 0 Å². The standard InChI is InChI=1S/C15H32N2O2/c1-5-6-9-19-10-7-8-17-14(18)11-13(16)12-15(2,3)4/h13H,5-12,16H2,1-4H3,(H,17,18). The van der Waals surface area contributed by atoms with Crippen molar-refractivity contribution in [1.82, 2.24) is 5.32 Å². The molecule has 3 N–H and O–H groups in total. The molecule has 0 rings (SSSR count). The van der Waals surface area contributed by atoms with Crippen LogP contribution in [0.15, 0.2) is 0 Å². The number of rotatable bonds is 10. The van der Waals surface area contributed by atoms with E-state index in [9.17, 15) is 4.79 Å². The fourth-order valence-electron chi connectivity index (χ4n) is 1.92. The second-order valence-corrected chi connectivity index (χ2v) is 6.40. The summed E-state index contributed by atoms with van der Waals surface area (Å²) in [5, 5.41) is 2.89. The molecule has 0 aromatic carbocycles. The molecule has 0 aliphatic rings. The highest BCUT2D eigenvalue weighted by Crippen LogP contribution is 2.20. The van der Waals surface area contributed by atoms with Crippen molar-refractivity contribution in [3.63, 3.8) is 0 Å². The number of amides is 1. The van der Waals surface area contributed by atoms with Crippen LogP contribution in [0.3, 0.4) is 0 Å². The number of nitrogens with two attached hydrogens (primary N) is 1. The highest BCUT2D eigenvalue weighted by atomic mass is 16.5. The van der Waals surface area contributed by atoms with Gasteiger partial charge >= 0.3 is 0 Å². The highest BCUT2D eigenvalue weighted by Gasteiger charge is 2.17. The number of carbonyl (C=O) groups excluding carboxylic acids is 1. The van der Waals surface area contributed by atoms with E-state index >= 15 is 0 Å². The van der Waals surface area contributed by atoms with E-state index in [4.69, 9.17) is 10.5 Å². The first-order chi connectivity index (χ1) is 8.85. The van der Waals surface area contributed by atoms with Gasteiger partial charge in [0.2, 0.25) is 5.91 Å². The van der Waals surface area contributed by atoms with E-state index in [1.807, 2.05) is 0 Å². The van der Waals surface area contributed by atoms with Gasteiger partial charge < -0.3 is 15.8 Å². The largest absolute Gasteiger partial charge is 0.381 e. The Morgan fingerprint density at radius 1 is 1.26 bits per heavy atom. The minimum Gasteiger partial charge on any atom is -0.381 e. The van der Waals surface area contributed by atoms with Crippen LogP contribution in [-0.4, -0.2) is 31.7 Å². The summed E-state index contributed by atoms with van der Waals surface area (Å²) in [6.45, 7) is 10.8. The lowest BCUT2D eigenvalue weighted by molar-refractivity contribution is -0.121. The maximum Gasteiger partial charge on any atom is 0.221 e. The average molecular weight is 272 g/mol. The normalized spacial score (nSPS) is 13.3. The molecular weight excluding hydrogens is 240 g/mol. The summed E-state index contributed by atoms with van der Waals surface area (Å²) in [6, 6.07) is -0.0548. The van der Waals surface area contributed by atoms with Gasteiger partial charge in [0.25, 0.3) is 0 Å². The molecule has 1 amide bonds. The summed E-state index contributed by atoms with van der Waals surface area (Å²) < 4.78 is 5.43. The number of ether oxygens (including phenoxy) is 1. The SMILES string of the molecule is CCCCOCCCNC(=O)CC(N)CC(C)(C)C. The van der Waals surface area contributed by atoms with Crippen LogP contribution in [0.5, 0.6) is 0 Å². The molecule has 4 nitrogen and oxygen atoms in total. The Balaban J connectivity index is 3.49. The minimum absolute atomic E-state index is 0.0466. The van der Waals surface area contributed by atoms with Crippen LogP contribution in [-0.2, 0) is 9.53 Å². The fourth-order valence-corrected chi connectivity index (χ4v) is 1.92. The van der Waals surface area contributed by atoms with Crippen LogP contribution in [0.4, 0.5) is 0 Å². The molecule has 0 aromatic rings. The van der Waals surface area contributed by atoms with Gasteiger partial charge in [0, 0.05) is 32.2 Å². The number of unbranched alkanes of at least 4 members (excludes halogenated alkanes) is 1. The van der Waals surface area contributed by atoms with Crippen LogP contribution in [0.2, 0.25) is 0 Å². The zero-order valence-corrected chi connectivity index (χ0v) is 13.1. The molecule has 0 heterocycles. The molecule has 0 radical (unpaired) electrons. The first kappa shape index (κ1) is 18.4. The van der Waals surface area contributed by atoms with Crippen LogP contribution < -0.4 is 11.1 Å². The van der Waals surface area contributed by atoms with Gasteiger partial charge in [-0.3, -0.25) is 4.79 Å². The molecule has 4 heteroatoms. The lowest BCUT2D eigenvalue weighted by atomic mass is 9.87. The number of nitrogens with one attached hydrogen (secondary N) is 1. The highest BCUT2D eigenvalue weighted by molar-refractivity contribution is 5.76. The Labute approximate surface area is 118 Å². The summed E-state index contributed by atoms with van der Waals surface area (Å²) in [7, 11) is 0. The van der Waals surface area contributed by atoms with E-state index in [1.54, 1.807) is 0 Å². The maximum absolute atomic E-state index is 11.6. The van der Waals surface area contributed by atoms with Crippen molar-refractivity contribution in [3.8, 4) is 0 Å². The fraction of sp³-hybridized carbons (Fsp3) is 0.933. The first-order valence-corrected chi connectivity index (χ1v) is 7.45. The third-order valence-electron chi connectivity index (χ3n) is 2.75. The Morgan fingerprint density at radius 3 is 2.47 bits per heavy atom. The van der Waals surface area contributed by atoms with Gasteiger partial charge in [0.05, 0.1) is 0 Å². The quantitative estimate of drug-likeness (QED) is 0.600. The van der Waals surface area contributed by atoms with Crippen LogP contribution >= 0.6 is 0 Å². The van der Waals surface area contributed by atoms with Gasteiger partial charge in [-0.1, -0.05) is 34.1 Å². The topological polar surface area (TPSA) is 64.3 Å². The molecule has 0 fully saturated rings. The molecule has 0 spiro atoms. The maximum atomic E-state index is 11.6. The predicted octanol–water partition coefficient (Wildman–Crippen LogP) is 2.46. The lowest BCUT2D eigenvalue weighted by Crippen LogP contribution is -2.34. The van der Waals surface area contributed by atoms with E-state index in [0.717, 1.165) is 32.3 Å². The van der Waals surface area contributed by atoms with Gasteiger partial charge in [-0.2, -0.15) is 0 Å². The molecule has 0 saturated carbocycles. The molecule has 19 heavy (non-hydrogen) atoms. The van der Waals surface area contributed by atoms with E-state index < -0.39 is 0 Å². The van der Waals surface area contributed by atoms with Crippen molar-refractivity contribution in [2.75, 3.05) is 19.8 Å². The second-order valence-electron chi connectivity index (χ2n) is 6.40. The van der Waals surface area contributed by atoms with Crippen LogP contribution in [0.1, 0.15) is 59.8 Å². The number of hydrogen-bond donors (Lipinski definition) is 2. The third kappa shape index (κ3) is 13.6. The Bertz CT molecular complexity index is 237. The molecule has 1 unspecified atom stereocenters. The molecular formula is C15H32N2O2. The van der Waals surface area contributed by atoms with Crippen molar-refractivity contribution >= 4 is 5.91 Å². The molecule has 114 valence electrons. The van der Waals surface area contributed by atoms with E-state index in [1.165, 1.54) is 0 Å². The van der Waals surface area contributed by atoms with Gasteiger partial charge in [0.15, 0.2) is 0 Å². The molecule has 0 bridgehead atoms. The predicted molar refractivity (Wildman–Crippen MR) is 80.0 cm³/mol. The summed E-state index contributed by atoms with van der Waals surface area (Å²) in [6.07, 6.45) is 4.40. The van der Waals surface area contributed by atoms with Crippen molar-refractivity contribution in [2.24, 2.45) is 11.1 Å². The summed E-state index contributed by atoms with van der Waals surface area (Å²) in [5.41, 5.74) is 6.13. The monoisotopic (exact) mass is 272 g/mol. The van der Waals surface area contributed by atoms with Crippen molar-refractivity contribution in [1.29, 1.82) is 0 Å². The Kier molecular flexibility index (Phi) is 9.88. The smallest absolute Gasteiger partial charge is 0.221 e. The zero-order valence-electron chi connectivity index (χ0n) is 13.1. The van der Waals surface area contributed by atoms with Crippen molar-refractivity contribution in [2.45, 2.75) is 65.8 Å². The average Bonchev–Trinajstić information content (AvgIpc) is 2.25. The third-order valence-corrected chi connectivity index (χ3v) is 2.75. The van der Waals surface area contributed by atoms with E-state index in [-0.39, 0.29) is 17.4 Å². The van der Waals surface area contributed by atoms with Gasteiger partial charge in [0.1, 0.15) is 0 Å². The molecule has 0 aromatic heterocycles. The van der Waals surface area contributed by atoms with Gasteiger partial charge in [-0.05, 0) is 24.7 Å². The summed E-state index contributed by atoms with van der Waals surface area (Å²) in [5.74, 6) is 0.0466. The minimum atomic E-state index is -0.0548. The number of hydrogen-bond acceptors (Lipinski definition) is 3. The lowest BCUT2D eigenvalue weighted by Gasteiger charge is -2.22. The van der Waals surface area contributed by atoms with E-state index in [0.29, 0.717) is 19.6 Å². The molecule has 1 atom stereocenters. The van der Waals surface area contributed by atoms with E-state index in [2.05, 4.69) is 33.0 Å². The summed E-state index contributed by atoms with van der Waals surface area (Å²) in [4.78, 5) is 11.6. The second kappa shape index (κ2) is 10.2. The van der Waals surface area contributed by atoms with Gasteiger partial charge in [-0.15, -0.1) is 0 Å². The number of carbonyl (C=O) groups is 1. The van der Waals surface area contributed by atoms with Crippen LogP contribution in [0, 0.1) is 5.41 Å². The zero-order chi connectivity index (χ0) is 14.7. The summed E-state index contributed by atoms with van der Waals surface area (Å²) >= 11 is 0. The first-order valence-electron chi connectivity index (χ1n) is 7.45. The Hall–Kier alpha value is -0.610. The Morgan fingerprint density at radius 2 is 1.89 bits per heavy atom. The van der Waals surface area contributed by atoms with Gasteiger partial charge in [-0.25, -0.2) is 0 Å². The molecule has 0 saturated heterocycles. The van der Waals surface area contributed by atoms with Crippen molar-refractivity contribution < 1.29 is 9.53 Å². The van der Waals surface area contributed by atoms with Crippen molar-refractivity contribution in [3.05, 3.63) is 0 Å².